The third-order valence-electron chi connectivity index (χ3n) is 0.690. The minimum Gasteiger partial charge on any atom is -0.511 e. The first-order valence-corrected chi connectivity index (χ1v) is 2.52. The Hall–Kier alpha value is -0.760. The Labute approximate surface area is 49.3 Å². The van der Waals surface area contributed by atoms with E-state index in [4.69, 9.17) is 10.8 Å². The van der Waals surface area contributed by atoms with Gasteiger partial charge in [0, 0.05) is 0 Å². The average Bonchev–Trinajstić information content (AvgIpc) is 1.83. The Bertz CT molecular complexity index is 105. The highest BCUT2D eigenvalue weighted by Gasteiger charge is 1.79. The fourth-order valence-corrected chi connectivity index (χ4v) is 0.275. The summed E-state index contributed by atoms with van der Waals surface area (Å²) in [5, 5.41) is 8.67. The van der Waals surface area contributed by atoms with Crippen molar-refractivity contribution in [2.75, 3.05) is 6.54 Å². The monoisotopic (exact) mass is 113 g/mol. The lowest BCUT2D eigenvalue weighted by atomic mass is 10.4. The van der Waals surface area contributed by atoms with E-state index >= 15 is 0 Å². The molecule has 0 bridgehead atoms. The second-order valence-electron chi connectivity index (χ2n) is 1.39. The van der Waals surface area contributed by atoms with Crippen LogP contribution in [0.1, 0.15) is 6.92 Å². The maximum Gasteiger partial charge on any atom is 0.106 e. The normalized spacial score (nSPS) is 13.0. The fraction of sp³-hybridized carbons (Fsp3) is 0.333. The molecule has 0 unspecified atom stereocenters. The van der Waals surface area contributed by atoms with E-state index in [1.54, 1.807) is 12.2 Å². The molecule has 0 aliphatic heterocycles. The lowest BCUT2D eigenvalue weighted by Gasteiger charge is -1.86. The van der Waals surface area contributed by atoms with Gasteiger partial charge in [0.25, 0.3) is 0 Å². The number of aliphatic hydroxyl groups is 1. The highest BCUT2D eigenvalue weighted by atomic mass is 16.3. The van der Waals surface area contributed by atoms with Crippen molar-refractivity contribution < 1.29 is 5.11 Å². The minimum absolute atomic E-state index is 0.211. The van der Waals surface area contributed by atoms with Crippen LogP contribution in [0.3, 0.4) is 0 Å². The number of nitrogens with two attached hydrogens (primary N) is 1. The van der Waals surface area contributed by atoms with E-state index < -0.39 is 0 Å². The molecular weight excluding hydrogens is 102 g/mol. The van der Waals surface area contributed by atoms with Crippen molar-refractivity contribution in [1.82, 2.24) is 0 Å². The van der Waals surface area contributed by atoms with Gasteiger partial charge in [-0.05, 0) is 13.0 Å². The van der Waals surface area contributed by atoms with Crippen molar-refractivity contribution in [2.24, 2.45) is 5.73 Å². The summed E-state index contributed by atoms with van der Waals surface area (Å²) in [6.07, 6.45) is 5.13. The summed E-state index contributed by atoms with van der Waals surface area (Å²) in [4.78, 5) is 0. The Morgan fingerprint density at radius 1 is 1.75 bits per heavy atom. The Balaban J connectivity index is 3.57. The van der Waals surface area contributed by atoms with E-state index in [1.165, 1.54) is 0 Å². The number of rotatable bonds is 2. The van der Waals surface area contributed by atoms with Crippen LogP contribution >= 0.6 is 0 Å². The van der Waals surface area contributed by atoms with Gasteiger partial charge in [-0.3, -0.25) is 0 Å². The van der Waals surface area contributed by atoms with Crippen molar-refractivity contribution >= 4 is 0 Å². The van der Waals surface area contributed by atoms with E-state index in [2.05, 4.69) is 0 Å². The molecule has 46 valence electrons. The van der Waals surface area contributed by atoms with Crippen LogP contribution in [0.25, 0.3) is 0 Å². The van der Waals surface area contributed by atoms with Gasteiger partial charge in [-0.25, -0.2) is 0 Å². The first-order valence-electron chi connectivity index (χ1n) is 2.52. The maximum atomic E-state index is 8.67. The molecule has 0 saturated carbocycles. The van der Waals surface area contributed by atoms with Gasteiger partial charge in [-0.15, -0.1) is 0 Å². The van der Waals surface area contributed by atoms with E-state index in [0.717, 1.165) is 0 Å². The summed E-state index contributed by atoms with van der Waals surface area (Å²) in [5.74, 6) is 0.211. The van der Waals surface area contributed by atoms with Crippen LogP contribution in [0.4, 0.5) is 0 Å². The molecule has 0 aromatic rings. The molecule has 8 heavy (non-hydrogen) atoms. The molecule has 0 aromatic heterocycles. The third-order valence-corrected chi connectivity index (χ3v) is 0.690. The Morgan fingerprint density at radius 3 is 2.75 bits per heavy atom. The van der Waals surface area contributed by atoms with Crippen molar-refractivity contribution in [2.45, 2.75) is 6.92 Å². The molecule has 0 heterocycles. The van der Waals surface area contributed by atoms with Gasteiger partial charge in [0.05, 0.1) is 6.54 Å². The number of hydrogen-bond acceptors (Lipinski definition) is 2. The predicted octanol–water partition coefficient (Wildman–Crippen LogP) is 0.963. The van der Waals surface area contributed by atoms with E-state index in [9.17, 15) is 0 Å². The van der Waals surface area contributed by atoms with Crippen LogP contribution in [-0.4, -0.2) is 11.7 Å². The molecule has 0 radical (unpaired) electrons. The molecule has 0 fully saturated rings. The molecule has 0 aliphatic carbocycles. The lowest BCUT2D eigenvalue weighted by Crippen LogP contribution is -2.00. The Morgan fingerprint density at radius 2 is 2.38 bits per heavy atom. The van der Waals surface area contributed by atoms with Crippen LogP contribution in [0, 0.1) is 0 Å². The van der Waals surface area contributed by atoms with Gasteiger partial charge in [0.15, 0.2) is 0 Å². The quantitative estimate of drug-likeness (QED) is 0.414. The molecule has 2 nitrogen and oxygen atoms in total. The van der Waals surface area contributed by atoms with Gasteiger partial charge in [-0.1, -0.05) is 12.2 Å². The number of aliphatic hydroxyl groups excluding tert-OH is 1. The molecule has 0 aromatic carbocycles. The topological polar surface area (TPSA) is 46.2 Å². The summed E-state index contributed by atoms with van der Waals surface area (Å²) in [6.45, 7) is 2.09. The molecule has 3 N–H and O–H groups in total. The van der Waals surface area contributed by atoms with Crippen LogP contribution < -0.4 is 5.73 Å². The van der Waals surface area contributed by atoms with E-state index in [-0.39, 0.29) is 12.3 Å². The first-order chi connectivity index (χ1) is 3.81. The van der Waals surface area contributed by atoms with E-state index in [0.29, 0.717) is 0 Å². The van der Waals surface area contributed by atoms with Gasteiger partial charge in [-0.2, -0.15) is 0 Å². The van der Waals surface area contributed by atoms with Crippen molar-refractivity contribution in [1.29, 1.82) is 0 Å². The molecule has 0 amide bonds. The first kappa shape index (κ1) is 7.24. The van der Waals surface area contributed by atoms with E-state index in [1.807, 2.05) is 13.0 Å². The SMILES string of the molecule is C/C=C\C=C(\O)CN. The molecule has 0 saturated heterocycles. The zero-order chi connectivity index (χ0) is 6.41. The summed E-state index contributed by atoms with van der Waals surface area (Å²) >= 11 is 0. The number of allylic oxidation sites excluding steroid dienone is 3. The summed E-state index contributed by atoms with van der Waals surface area (Å²) in [6, 6.07) is 0. The molecule has 0 atom stereocenters. The zero-order valence-electron chi connectivity index (χ0n) is 4.96. The van der Waals surface area contributed by atoms with Crippen molar-refractivity contribution in [3.8, 4) is 0 Å². The summed E-state index contributed by atoms with van der Waals surface area (Å²) < 4.78 is 0. The van der Waals surface area contributed by atoms with Crippen LogP contribution in [0.15, 0.2) is 24.0 Å². The summed E-state index contributed by atoms with van der Waals surface area (Å²) in [5.41, 5.74) is 5.06. The van der Waals surface area contributed by atoms with Gasteiger partial charge in [0.2, 0.25) is 0 Å². The minimum atomic E-state index is 0.211. The van der Waals surface area contributed by atoms with Crippen LogP contribution in [0.2, 0.25) is 0 Å². The highest BCUT2D eigenvalue weighted by Crippen LogP contribution is 1.83. The fourth-order valence-electron chi connectivity index (χ4n) is 0.275. The number of hydrogen-bond donors (Lipinski definition) is 2. The molecule has 0 aliphatic rings. The standard InChI is InChI=1S/C6H11NO/c1-2-3-4-6(8)5-7/h2-4,8H,5,7H2,1H3/b3-2-,6-4+. The van der Waals surface area contributed by atoms with Gasteiger partial charge >= 0.3 is 0 Å². The smallest absolute Gasteiger partial charge is 0.106 e. The molecule has 0 spiro atoms. The maximum absolute atomic E-state index is 8.67. The molecular formula is C6H11NO. The zero-order valence-corrected chi connectivity index (χ0v) is 4.96. The predicted molar refractivity (Wildman–Crippen MR) is 34.6 cm³/mol. The third kappa shape index (κ3) is 3.43. The largest absolute Gasteiger partial charge is 0.511 e. The highest BCUT2D eigenvalue weighted by molar-refractivity contribution is 5.06. The molecule has 2 heteroatoms. The van der Waals surface area contributed by atoms with Gasteiger partial charge in [0.1, 0.15) is 5.76 Å². The lowest BCUT2D eigenvalue weighted by molar-refractivity contribution is 0.404. The van der Waals surface area contributed by atoms with Crippen LogP contribution in [0.5, 0.6) is 0 Å². The summed E-state index contributed by atoms with van der Waals surface area (Å²) in [7, 11) is 0. The van der Waals surface area contributed by atoms with Crippen LogP contribution in [-0.2, 0) is 0 Å². The van der Waals surface area contributed by atoms with Gasteiger partial charge < -0.3 is 10.8 Å². The molecule has 0 rings (SSSR count). The van der Waals surface area contributed by atoms with Crippen molar-refractivity contribution in [3.63, 3.8) is 0 Å². The second-order valence-corrected chi connectivity index (χ2v) is 1.39. The average molecular weight is 113 g/mol. The Kier molecular flexibility index (Phi) is 3.98. The van der Waals surface area contributed by atoms with Crippen molar-refractivity contribution in [3.05, 3.63) is 24.0 Å². The second kappa shape index (κ2) is 4.40.